The highest BCUT2D eigenvalue weighted by molar-refractivity contribution is 7.86. The van der Waals surface area contributed by atoms with E-state index >= 15 is 0 Å². The van der Waals surface area contributed by atoms with Gasteiger partial charge in [0.1, 0.15) is 0 Å². The van der Waals surface area contributed by atoms with Crippen LogP contribution in [-0.2, 0) is 10.2 Å². The van der Waals surface area contributed by atoms with Gasteiger partial charge in [-0.05, 0) is 44.1 Å². The first-order chi connectivity index (χ1) is 9.46. The molecule has 2 rings (SSSR count). The Morgan fingerprint density at radius 3 is 2.55 bits per heavy atom. The van der Waals surface area contributed by atoms with Crippen molar-refractivity contribution in [1.29, 1.82) is 0 Å². The Balaban J connectivity index is 2.11. The fourth-order valence-electron chi connectivity index (χ4n) is 3.65. The van der Waals surface area contributed by atoms with Crippen LogP contribution in [0.5, 0.6) is 0 Å². The Labute approximate surface area is 123 Å². The summed E-state index contributed by atoms with van der Waals surface area (Å²) in [6.07, 6.45) is 6.38. The van der Waals surface area contributed by atoms with Crippen LogP contribution in [0.4, 0.5) is 0 Å². The van der Waals surface area contributed by atoms with Gasteiger partial charge in [-0.15, -0.1) is 0 Å². The summed E-state index contributed by atoms with van der Waals surface area (Å²) in [5.74, 6) is 0.773. The third-order valence-electron chi connectivity index (χ3n) is 4.95. The first-order valence-corrected chi connectivity index (χ1v) is 9.29. The standard InChI is InChI=1S/C14H29N3O2S/c1-12-6-5-9-17(11-12)20(18,19)16(2)14-8-4-3-7-13(14)10-15/h12-14H,3-11,15H2,1-2H3. The molecular weight excluding hydrogens is 274 g/mol. The predicted octanol–water partition coefficient (Wildman–Crippen LogP) is 1.41. The summed E-state index contributed by atoms with van der Waals surface area (Å²) in [7, 11) is -1.58. The molecule has 0 spiro atoms. The van der Waals surface area contributed by atoms with E-state index in [4.69, 9.17) is 5.73 Å². The van der Waals surface area contributed by atoms with E-state index in [0.29, 0.717) is 31.5 Å². The van der Waals surface area contributed by atoms with Gasteiger partial charge in [0.15, 0.2) is 0 Å². The molecule has 5 nitrogen and oxygen atoms in total. The zero-order valence-electron chi connectivity index (χ0n) is 12.8. The third kappa shape index (κ3) is 3.35. The van der Waals surface area contributed by atoms with Crippen LogP contribution in [0.15, 0.2) is 0 Å². The molecule has 1 aliphatic carbocycles. The van der Waals surface area contributed by atoms with Crippen LogP contribution < -0.4 is 5.73 Å². The van der Waals surface area contributed by atoms with E-state index in [0.717, 1.165) is 32.1 Å². The largest absolute Gasteiger partial charge is 0.330 e. The van der Waals surface area contributed by atoms with Crippen molar-refractivity contribution in [2.75, 3.05) is 26.7 Å². The van der Waals surface area contributed by atoms with E-state index in [1.165, 1.54) is 6.42 Å². The van der Waals surface area contributed by atoms with Gasteiger partial charge in [0.25, 0.3) is 10.2 Å². The van der Waals surface area contributed by atoms with Gasteiger partial charge in [-0.2, -0.15) is 17.0 Å². The minimum absolute atomic E-state index is 0.0796. The van der Waals surface area contributed by atoms with Gasteiger partial charge in [0.05, 0.1) is 0 Å². The van der Waals surface area contributed by atoms with Crippen molar-refractivity contribution in [1.82, 2.24) is 8.61 Å². The maximum Gasteiger partial charge on any atom is 0.281 e. The lowest BCUT2D eigenvalue weighted by atomic mass is 9.85. The van der Waals surface area contributed by atoms with Crippen LogP contribution in [0.2, 0.25) is 0 Å². The molecule has 1 aliphatic heterocycles. The Hall–Kier alpha value is -0.170. The number of piperidine rings is 1. The molecule has 1 heterocycles. The van der Waals surface area contributed by atoms with Gasteiger partial charge in [0.2, 0.25) is 0 Å². The Bertz CT molecular complexity index is 413. The van der Waals surface area contributed by atoms with E-state index in [1.54, 1.807) is 15.7 Å². The van der Waals surface area contributed by atoms with Gasteiger partial charge < -0.3 is 5.73 Å². The molecule has 0 aromatic carbocycles. The predicted molar refractivity (Wildman–Crippen MR) is 81.5 cm³/mol. The van der Waals surface area contributed by atoms with E-state index in [2.05, 4.69) is 6.92 Å². The monoisotopic (exact) mass is 303 g/mol. The number of hydrogen-bond donors (Lipinski definition) is 1. The van der Waals surface area contributed by atoms with Crippen molar-refractivity contribution in [3.8, 4) is 0 Å². The summed E-state index contributed by atoms with van der Waals surface area (Å²) in [6, 6.07) is 0.0796. The van der Waals surface area contributed by atoms with Gasteiger partial charge in [-0.3, -0.25) is 0 Å². The van der Waals surface area contributed by atoms with Crippen molar-refractivity contribution >= 4 is 10.2 Å². The maximum absolute atomic E-state index is 12.8. The first kappa shape index (κ1) is 16.2. The molecule has 3 unspecified atom stereocenters. The molecule has 118 valence electrons. The summed E-state index contributed by atoms with van der Waals surface area (Å²) in [4.78, 5) is 0. The average molecular weight is 303 g/mol. The summed E-state index contributed by atoms with van der Waals surface area (Å²) >= 11 is 0. The molecule has 0 radical (unpaired) electrons. The molecule has 2 N–H and O–H groups in total. The lowest BCUT2D eigenvalue weighted by Crippen LogP contribution is -2.52. The average Bonchev–Trinajstić information content (AvgIpc) is 2.46. The van der Waals surface area contributed by atoms with Crippen LogP contribution >= 0.6 is 0 Å². The summed E-state index contributed by atoms with van der Waals surface area (Å²) in [6.45, 7) is 4.04. The highest BCUT2D eigenvalue weighted by Crippen LogP contribution is 2.30. The molecule has 2 aliphatic rings. The lowest BCUT2D eigenvalue weighted by Gasteiger charge is -2.40. The molecular formula is C14H29N3O2S. The molecule has 2 fully saturated rings. The van der Waals surface area contributed by atoms with E-state index in [9.17, 15) is 8.42 Å². The minimum Gasteiger partial charge on any atom is -0.330 e. The van der Waals surface area contributed by atoms with E-state index in [1.807, 2.05) is 0 Å². The number of nitrogens with zero attached hydrogens (tertiary/aromatic N) is 2. The number of nitrogens with two attached hydrogens (primary N) is 1. The van der Waals surface area contributed by atoms with Gasteiger partial charge in [-0.1, -0.05) is 19.8 Å². The Morgan fingerprint density at radius 2 is 1.90 bits per heavy atom. The van der Waals surface area contributed by atoms with Crippen molar-refractivity contribution in [3.05, 3.63) is 0 Å². The molecule has 3 atom stereocenters. The fourth-order valence-corrected chi connectivity index (χ4v) is 5.44. The maximum atomic E-state index is 12.8. The number of hydrogen-bond acceptors (Lipinski definition) is 3. The van der Waals surface area contributed by atoms with Crippen molar-refractivity contribution in [2.45, 2.75) is 51.5 Å². The van der Waals surface area contributed by atoms with Crippen molar-refractivity contribution < 1.29 is 8.42 Å². The highest BCUT2D eigenvalue weighted by atomic mass is 32.2. The number of rotatable bonds is 4. The molecule has 0 aromatic rings. The smallest absolute Gasteiger partial charge is 0.281 e. The Kier molecular flexibility index (Phi) is 5.45. The topological polar surface area (TPSA) is 66.6 Å². The van der Waals surface area contributed by atoms with Crippen molar-refractivity contribution in [2.24, 2.45) is 17.6 Å². The van der Waals surface area contributed by atoms with Gasteiger partial charge >= 0.3 is 0 Å². The van der Waals surface area contributed by atoms with Crippen LogP contribution in [0.25, 0.3) is 0 Å². The van der Waals surface area contributed by atoms with E-state index < -0.39 is 10.2 Å². The summed E-state index contributed by atoms with van der Waals surface area (Å²) < 4.78 is 28.9. The highest BCUT2D eigenvalue weighted by Gasteiger charge is 2.37. The molecule has 0 aromatic heterocycles. The molecule has 0 amide bonds. The summed E-state index contributed by atoms with van der Waals surface area (Å²) in [5, 5.41) is 0. The van der Waals surface area contributed by atoms with Crippen LogP contribution in [0, 0.1) is 11.8 Å². The first-order valence-electron chi connectivity index (χ1n) is 7.90. The second-order valence-electron chi connectivity index (χ2n) is 6.48. The second kappa shape index (κ2) is 6.73. The zero-order valence-corrected chi connectivity index (χ0v) is 13.6. The fraction of sp³-hybridized carbons (Fsp3) is 1.00. The zero-order chi connectivity index (χ0) is 14.8. The second-order valence-corrected chi connectivity index (χ2v) is 8.47. The van der Waals surface area contributed by atoms with Crippen LogP contribution in [0.3, 0.4) is 0 Å². The molecule has 20 heavy (non-hydrogen) atoms. The molecule has 1 saturated heterocycles. The molecule has 6 heteroatoms. The van der Waals surface area contributed by atoms with Crippen molar-refractivity contribution in [3.63, 3.8) is 0 Å². The van der Waals surface area contributed by atoms with Crippen LogP contribution in [-0.4, -0.2) is 49.8 Å². The normalized spacial score (nSPS) is 33.5. The minimum atomic E-state index is -3.33. The Morgan fingerprint density at radius 1 is 1.20 bits per heavy atom. The van der Waals surface area contributed by atoms with Crippen LogP contribution in [0.1, 0.15) is 45.4 Å². The SMILES string of the molecule is CC1CCCN(S(=O)(=O)N(C)C2CCCCC2CN)C1. The quantitative estimate of drug-likeness (QED) is 0.854. The van der Waals surface area contributed by atoms with Gasteiger partial charge in [0, 0.05) is 26.2 Å². The summed E-state index contributed by atoms with van der Waals surface area (Å²) in [5.41, 5.74) is 5.84. The molecule has 1 saturated carbocycles. The van der Waals surface area contributed by atoms with E-state index in [-0.39, 0.29) is 6.04 Å². The molecule has 0 bridgehead atoms. The third-order valence-corrected chi connectivity index (χ3v) is 6.93. The lowest BCUT2D eigenvalue weighted by molar-refractivity contribution is 0.185. The van der Waals surface area contributed by atoms with Gasteiger partial charge in [-0.25, -0.2) is 0 Å².